The van der Waals surface area contributed by atoms with Gasteiger partial charge in [0.15, 0.2) is 6.61 Å². The van der Waals surface area contributed by atoms with Crippen LogP contribution in [0.15, 0.2) is 33.7 Å². The summed E-state index contributed by atoms with van der Waals surface area (Å²) in [5.41, 5.74) is 2.27. The highest BCUT2D eigenvalue weighted by molar-refractivity contribution is 7.98. The summed E-state index contributed by atoms with van der Waals surface area (Å²) >= 11 is 1.49. The molecule has 2 rings (SSSR count). The molecule has 0 atom stereocenters. The highest BCUT2D eigenvalue weighted by Gasteiger charge is 2.16. The third kappa shape index (κ3) is 5.60. The first-order valence-corrected chi connectivity index (χ1v) is 9.07. The average molecular weight is 378 g/mol. The normalized spacial score (nSPS) is 10.6. The summed E-state index contributed by atoms with van der Waals surface area (Å²) in [6.45, 7) is 4.19. The summed E-state index contributed by atoms with van der Waals surface area (Å²) in [7, 11) is 1.55. The van der Waals surface area contributed by atoms with Gasteiger partial charge in [-0.2, -0.15) is 0 Å². The number of nitrogens with one attached hydrogen (secondary N) is 1. The smallest absolute Gasteiger partial charge is 0.339 e. The number of carbonyl (C=O) groups excluding carboxylic acids is 2. The molecule has 1 heterocycles. The zero-order valence-corrected chi connectivity index (χ0v) is 15.9. The number of methoxy groups -OCH3 is 1. The van der Waals surface area contributed by atoms with Gasteiger partial charge >= 0.3 is 5.97 Å². The van der Waals surface area contributed by atoms with Crippen LogP contribution in [0.1, 0.15) is 27.4 Å². The zero-order chi connectivity index (χ0) is 18.9. The summed E-state index contributed by atoms with van der Waals surface area (Å²) in [4.78, 5) is 24.7. The molecule has 1 aromatic carbocycles. The molecule has 1 aromatic heterocycles. The maximum Gasteiger partial charge on any atom is 0.339 e. The Morgan fingerprint density at radius 2 is 2.04 bits per heavy atom. The summed E-state index contributed by atoms with van der Waals surface area (Å²) < 4.78 is 15.1. The highest BCUT2D eigenvalue weighted by Crippen LogP contribution is 2.29. The minimum atomic E-state index is -0.534. The van der Waals surface area contributed by atoms with E-state index in [4.69, 9.17) is 14.0 Å². The Morgan fingerprint density at radius 1 is 1.27 bits per heavy atom. The molecule has 0 aliphatic heterocycles. The summed E-state index contributed by atoms with van der Waals surface area (Å²) in [6, 6.07) is 7.14. The number of thioether (sulfide) groups is 1. The quantitative estimate of drug-likeness (QED) is 0.407. The lowest BCUT2D eigenvalue weighted by atomic mass is 10.2. The van der Waals surface area contributed by atoms with Gasteiger partial charge in [-0.25, -0.2) is 4.79 Å². The van der Waals surface area contributed by atoms with Crippen LogP contribution in [0.3, 0.4) is 0 Å². The van der Waals surface area contributed by atoms with Gasteiger partial charge in [0.25, 0.3) is 5.91 Å². The first-order valence-electron chi connectivity index (χ1n) is 8.09. The monoisotopic (exact) mass is 378 g/mol. The van der Waals surface area contributed by atoms with Crippen LogP contribution in [0.5, 0.6) is 0 Å². The molecule has 1 N–H and O–H groups in total. The third-order valence-electron chi connectivity index (χ3n) is 3.62. The van der Waals surface area contributed by atoms with Gasteiger partial charge in [0.05, 0.1) is 17.9 Å². The number of ether oxygens (including phenoxy) is 2. The molecule has 140 valence electrons. The minimum Gasteiger partial charge on any atom is -0.452 e. The van der Waals surface area contributed by atoms with E-state index in [-0.39, 0.29) is 12.5 Å². The Labute approximate surface area is 156 Å². The Hall–Kier alpha value is -2.32. The minimum absolute atomic E-state index is 0.328. The average Bonchev–Trinajstić information content (AvgIpc) is 2.96. The Bertz CT molecular complexity index is 740. The number of aromatic nitrogens is 1. The maximum atomic E-state index is 12.3. The second-order valence-electron chi connectivity index (χ2n) is 5.51. The zero-order valence-electron chi connectivity index (χ0n) is 15.0. The maximum absolute atomic E-state index is 12.3. The molecule has 0 fully saturated rings. The molecule has 0 bridgehead atoms. The Kier molecular flexibility index (Phi) is 7.68. The largest absolute Gasteiger partial charge is 0.452 e. The fraction of sp³-hybridized carbons (Fsp3) is 0.389. The first kappa shape index (κ1) is 20.0. The van der Waals surface area contributed by atoms with Gasteiger partial charge in [-0.1, -0.05) is 17.3 Å². The van der Waals surface area contributed by atoms with E-state index >= 15 is 0 Å². The number of benzene rings is 1. The van der Waals surface area contributed by atoms with Crippen LogP contribution < -0.4 is 5.32 Å². The molecule has 0 unspecified atom stereocenters. The molecule has 2 aromatic rings. The van der Waals surface area contributed by atoms with Gasteiger partial charge < -0.3 is 19.3 Å². The molecular formula is C18H22N2O5S. The number of aryl methyl sites for hydroxylation is 2. The van der Waals surface area contributed by atoms with E-state index in [1.54, 1.807) is 19.2 Å². The van der Waals surface area contributed by atoms with Crippen LogP contribution in [0.2, 0.25) is 0 Å². The van der Waals surface area contributed by atoms with Crippen molar-refractivity contribution >= 4 is 23.6 Å². The fourth-order valence-corrected chi connectivity index (χ4v) is 3.37. The van der Waals surface area contributed by atoms with Crippen LogP contribution in [0, 0.1) is 13.8 Å². The number of nitrogens with zero attached hydrogens (tertiary/aromatic N) is 1. The predicted molar refractivity (Wildman–Crippen MR) is 97.1 cm³/mol. The molecule has 0 radical (unpaired) electrons. The Balaban J connectivity index is 1.95. The molecular weight excluding hydrogens is 356 g/mol. The lowest BCUT2D eigenvalue weighted by Gasteiger charge is -2.09. The fourth-order valence-electron chi connectivity index (χ4n) is 2.17. The van der Waals surface area contributed by atoms with E-state index in [0.29, 0.717) is 24.5 Å². The summed E-state index contributed by atoms with van der Waals surface area (Å²) in [5, 5.41) is 6.53. The Morgan fingerprint density at radius 3 is 2.73 bits per heavy atom. The van der Waals surface area contributed by atoms with Crippen molar-refractivity contribution in [3.05, 3.63) is 46.8 Å². The van der Waals surface area contributed by atoms with Crippen molar-refractivity contribution < 1.29 is 23.6 Å². The number of amides is 1. The molecule has 0 aliphatic carbocycles. The van der Waals surface area contributed by atoms with E-state index in [0.717, 1.165) is 21.9 Å². The first-order chi connectivity index (χ1) is 12.5. The van der Waals surface area contributed by atoms with Crippen molar-refractivity contribution in [3.63, 3.8) is 0 Å². The topological polar surface area (TPSA) is 90.7 Å². The van der Waals surface area contributed by atoms with Gasteiger partial charge in [0.1, 0.15) is 5.76 Å². The van der Waals surface area contributed by atoms with Gasteiger partial charge in [0.2, 0.25) is 0 Å². The van der Waals surface area contributed by atoms with Gasteiger partial charge in [-0.15, -0.1) is 11.8 Å². The van der Waals surface area contributed by atoms with Gasteiger partial charge in [-0.3, -0.25) is 4.79 Å². The highest BCUT2D eigenvalue weighted by atomic mass is 32.2. The molecule has 7 nitrogen and oxygen atoms in total. The standard InChI is InChI=1S/C18H22N2O5S/c1-12-15(13(2)25-20-12)11-26-16-7-5-4-6-14(16)18(22)24-10-17(21)19-8-9-23-3/h4-7H,8-11H2,1-3H3,(H,19,21). The van der Waals surface area contributed by atoms with E-state index in [2.05, 4.69) is 10.5 Å². The van der Waals surface area contributed by atoms with Crippen LogP contribution in [0.4, 0.5) is 0 Å². The molecule has 0 aliphatic rings. The molecule has 26 heavy (non-hydrogen) atoms. The summed E-state index contributed by atoms with van der Waals surface area (Å²) in [6.07, 6.45) is 0. The summed E-state index contributed by atoms with van der Waals surface area (Å²) in [5.74, 6) is 0.496. The lowest BCUT2D eigenvalue weighted by Crippen LogP contribution is -2.31. The van der Waals surface area contributed by atoms with Crippen molar-refractivity contribution in [2.24, 2.45) is 0 Å². The number of esters is 1. The SMILES string of the molecule is COCCNC(=O)COC(=O)c1ccccc1SCc1c(C)noc1C. The number of hydrogen-bond donors (Lipinski definition) is 1. The van der Waals surface area contributed by atoms with Crippen LogP contribution in [-0.2, 0) is 20.0 Å². The van der Waals surface area contributed by atoms with Gasteiger partial charge in [-0.05, 0) is 26.0 Å². The van der Waals surface area contributed by atoms with Crippen LogP contribution >= 0.6 is 11.8 Å². The van der Waals surface area contributed by atoms with E-state index in [9.17, 15) is 9.59 Å². The second kappa shape index (κ2) is 9.98. The van der Waals surface area contributed by atoms with E-state index in [1.165, 1.54) is 11.8 Å². The van der Waals surface area contributed by atoms with Crippen molar-refractivity contribution in [1.29, 1.82) is 0 Å². The van der Waals surface area contributed by atoms with Crippen LogP contribution in [-0.4, -0.2) is 43.9 Å². The number of hydrogen-bond acceptors (Lipinski definition) is 7. The molecule has 0 spiro atoms. The molecule has 1 amide bonds. The van der Waals surface area contributed by atoms with Crippen molar-refractivity contribution in [2.75, 3.05) is 26.9 Å². The second-order valence-corrected chi connectivity index (χ2v) is 6.52. The molecule has 0 saturated heterocycles. The lowest BCUT2D eigenvalue weighted by molar-refractivity contribution is -0.124. The number of carbonyl (C=O) groups is 2. The van der Waals surface area contributed by atoms with Crippen molar-refractivity contribution in [2.45, 2.75) is 24.5 Å². The van der Waals surface area contributed by atoms with E-state index < -0.39 is 5.97 Å². The predicted octanol–water partition coefficient (Wildman–Crippen LogP) is 2.50. The van der Waals surface area contributed by atoms with Crippen molar-refractivity contribution in [1.82, 2.24) is 10.5 Å². The van der Waals surface area contributed by atoms with Crippen molar-refractivity contribution in [3.8, 4) is 0 Å². The van der Waals surface area contributed by atoms with E-state index in [1.807, 2.05) is 26.0 Å². The molecule has 8 heteroatoms. The van der Waals surface area contributed by atoms with Gasteiger partial charge in [0, 0.05) is 29.9 Å². The molecule has 0 saturated carbocycles. The van der Waals surface area contributed by atoms with Crippen LogP contribution in [0.25, 0.3) is 0 Å². The third-order valence-corrected chi connectivity index (χ3v) is 4.72. The number of rotatable bonds is 9.